The highest BCUT2D eigenvalue weighted by Crippen LogP contribution is 2.42. The summed E-state index contributed by atoms with van der Waals surface area (Å²) in [7, 11) is 0. The van der Waals surface area contributed by atoms with Crippen molar-refractivity contribution in [2.45, 2.75) is 39.4 Å². The summed E-state index contributed by atoms with van der Waals surface area (Å²) < 4.78 is 7.35. The Balaban J connectivity index is 1.91. The molecule has 0 spiro atoms. The highest BCUT2D eigenvalue weighted by atomic mass is 35.5. The molecule has 1 saturated heterocycles. The molecular formula is C23H24Cl2N4O4. The second-order valence-corrected chi connectivity index (χ2v) is 9.81. The maximum atomic E-state index is 13.6. The minimum Gasteiger partial charge on any atom is -0.315 e. The Labute approximate surface area is 200 Å². The van der Waals surface area contributed by atoms with Gasteiger partial charge in [0.25, 0.3) is 0 Å². The average molecular weight is 491 g/mol. The molecule has 0 radical (unpaired) electrons. The Bertz CT molecular complexity index is 1290. The summed E-state index contributed by atoms with van der Waals surface area (Å²) in [5.41, 5.74) is -0.732. The van der Waals surface area contributed by atoms with Gasteiger partial charge in [-0.05, 0) is 68.3 Å². The number of urea groups is 1. The van der Waals surface area contributed by atoms with Crippen LogP contribution in [0.1, 0.15) is 33.9 Å². The summed E-state index contributed by atoms with van der Waals surface area (Å²) in [5.74, 6) is -0.676. The number of halogens is 2. The lowest BCUT2D eigenvalue weighted by molar-refractivity contribution is 0.0905. The van der Waals surface area contributed by atoms with Gasteiger partial charge in [-0.25, -0.2) is 14.4 Å². The van der Waals surface area contributed by atoms with Crippen molar-refractivity contribution < 1.29 is 9.32 Å². The number of carbonyl (C=O) groups excluding carboxylic acids is 1. The third-order valence-electron chi connectivity index (χ3n) is 5.71. The molecule has 0 aliphatic carbocycles. The van der Waals surface area contributed by atoms with Gasteiger partial charge in [-0.15, -0.1) is 4.74 Å². The third kappa shape index (κ3) is 3.98. The van der Waals surface area contributed by atoms with Crippen molar-refractivity contribution in [3.05, 3.63) is 79.6 Å². The fourth-order valence-electron chi connectivity index (χ4n) is 4.16. The van der Waals surface area contributed by atoms with Crippen LogP contribution in [0, 0.1) is 5.92 Å². The Morgan fingerprint density at radius 1 is 0.909 bits per heavy atom. The summed E-state index contributed by atoms with van der Waals surface area (Å²) in [4.78, 5) is 43.0. The zero-order valence-corrected chi connectivity index (χ0v) is 20.2. The molecule has 1 atom stereocenters. The van der Waals surface area contributed by atoms with Crippen LogP contribution >= 0.6 is 23.2 Å². The monoisotopic (exact) mass is 490 g/mol. The number of amides is 2. The van der Waals surface area contributed by atoms with Crippen molar-refractivity contribution in [1.29, 1.82) is 0 Å². The van der Waals surface area contributed by atoms with Gasteiger partial charge in [0.1, 0.15) is 0 Å². The molecule has 0 N–H and O–H groups in total. The summed E-state index contributed by atoms with van der Waals surface area (Å²) in [6, 6.07) is 12.7. The van der Waals surface area contributed by atoms with Crippen molar-refractivity contribution in [3.63, 3.8) is 0 Å². The van der Waals surface area contributed by atoms with Crippen LogP contribution in [0.25, 0.3) is 5.69 Å². The predicted molar refractivity (Wildman–Crippen MR) is 128 cm³/mol. The van der Waals surface area contributed by atoms with Crippen LogP contribution in [-0.2, 0) is 0 Å². The van der Waals surface area contributed by atoms with E-state index in [0.717, 1.165) is 9.31 Å². The Hall–Kier alpha value is -2.97. The highest BCUT2D eigenvalue weighted by Gasteiger charge is 2.55. The second kappa shape index (κ2) is 8.43. The van der Waals surface area contributed by atoms with Gasteiger partial charge >= 0.3 is 17.5 Å². The van der Waals surface area contributed by atoms with Crippen molar-refractivity contribution in [3.8, 4) is 5.69 Å². The van der Waals surface area contributed by atoms with E-state index in [4.69, 9.17) is 27.7 Å². The average Bonchev–Trinajstić information content (AvgIpc) is 3.13. The molecule has 1 unspecified atom stereocenters. The van der Waals surface area contributed by atoms with E-state index in [0.29, 0.717) is 28.0 Å². The minimum absolute atomic E-state index is 0.182. The number of nitrogens with zero attached hydrogens (tertiary/aromatic N) is 4. The van der Waals surface area contributed by atoms with Gasteiger partial charge in [0, 0.05) is 22.3 Å². The number of hydrogen-bond acceptors (Lipinski definition) is 4. The Morgan fingerprint density at radius 3 is 1.94 bits per heavy atom. The van der Waals surface area contributed by atoms with E-state index in [1.54, 1.807) is 53.4 Å². The van der Waals surface area contributed by atoms with Gasteiger partial charge in [0.2, 0.25) is 0 Å². The molecule has 174 valence electrons. The molecule has 1 aromatic heterocycles. The molecular weight excluding hydrogens is 467 g/mol. The van der Waals surface area contributed by atoms with Crippen LogP contribution in [0.2, 0.25) is 10.0 Å². The first-order valence-electron chi connectivity index (χ1n) is 10.5. The third-order valence-corrected chi connectivity index (χ3v) is 6.21. The fourth-order valence-corrected chi connectivity index (χ4v) is 4.41. The molecule has 2 amide bonds. The second-order valence-electron chi connectivity index (χ2n) is 8.94. The van der Waals surface area contributed by atoms with Crippen LogP contribution < -0.4 is 16.3 Å². The quantitative estimate of drug-likeness (QED) is 0.515. The van der Waals surface area contributed by atoms with Gasteiger partial charge in [-0.1, -0.05) is 37.0 Å². The van der Waals surface area contributed by atoms with E-state index in [2.05, 4.69) is 0 Å². The fraction of sp³-hybridized carbons (Fsp3) is 0.348. The summed E-state index contributed by atoms with van der Waals surface area (Å²) in [6.07, 6.45) is -0.918. The molecule has 8 nitrogen and oxygen atoms in total. The maximum Gasteiger partial charge on any atom is 0.447 e. The van der Waals surface area contributed by atoms with Gasteiger partial charge in [-0.3, -0.25) is 4.90 Å². The van der Waals surface area contributed by atoms with E-state index in [9.17, 15) is 14.4 Å². The zero-order chi connectivity index (χ0) is 24.1. The van der Waals surface area contributed by atoms with Gasteiger partial charge < -0.3 is 9.42 Å². The Morgan fingerprint density at radius 2 is 1.42 bits per heavy atom. The smallest absolute Gasteiger partial charge is 0.315 e. The van der Waals surface area contributed by atoms with E-state index < -0.39 is 23.2 Å². The van der Waals surface area contributed by atoms with Gasteiger partial charge in [0.05, 0.1) is 11.2 Å². The van der Waals surface area contributed by atoms with Crippen LogP contribution in [0.5, 0.6) is 0 Å². The molecule has 0 saturated carbocycles. The molecule has 4 rings (SSSR count). The Kier molecular flexibility index (Phi) is 5.92. The highest BCUT2D eigenvalue weighted by molar-refractivity contribution is 6.30. The van der Waals surface area contributed by atoms with E-state index in [-0.39, 0.29) is 11.9 Å². The first kappa shape index (κ1) is 23.2. The first-order chi connectivity index (χ1) is 15.5. The molecule has 0 bridgehead atoms. The minimum atomic E-state index is -0.918. The molecule has 1 aliphatic heterocycles. The van der Waals surface area contributed by atoms with Crippen molar-refractivity contribution in [2.75, 3.05) is 11.4 Å². The lowest BCUT2D eigenvalue weighted by Crippen LogP contribution is -2.48. The van der Waals surface area contributed by atoms with E-state index >= 15 is 0 Å². The number of rotatable bonds is 5. The van der Waals surface area contributed by atoms with E-state index in [1.165, 1.54) is 4.90 Å². The van der Waals surface area contributed by atoms with Crippen molar-refractivity contribution >= 4 is 34.9 Å². The normalized spacial score (nSPS) is 17.9. The number of carbonyl (C=O) groups is 1. The largest absolute Gasteiger partial charge is 0.447 e. The molecule has 2 aromatic carbocycles. The standard InChI is InChI=1S/C23H24Cl2N4O4/c1-14(2)13-26-20(30)27(17-9-5-15(24)6-10-17)19(23(26,3)4)29-21(31)28(22(32)33-29)18-11-7-16(25)8-12-18/h5-12,14,19H,13H2,1-4H3. The topological polar surface area (TPSA) is 80.7 Å². The predicted octanol–water partition coefficient (Wildman–Crippen LogP) is 4.77. The van der Waals surface area contributed by atoms with Gasteiger partial charge in [0.15, 0.2) is 6.17 Å². The van der Waals surface area contributed by atoms with Crippen molar-refractivity contribution in [2.24, 2.45) is 5.92 Å². The molecule has 10 heteroatoms. The number of benzene rings is 2. The number of aromatic nitrogens is 2. The maximum absolute atomic E-state index is 13.6. The molecule has 2 heterocycles. The number of hydrogen-bond donors (Lipinski definition) is 0. The van der Waals surface area contributed by atoms with Crippen LogP contribution in [-0.4, -0.2) is 32.3 Å². The lowest BCUT2D eigenvalue weighted by atomic mass is 9.99. The number of anilines is 1. The summed E-state index contributed by atoms with van der Waals surface area (Å²) in [6.45, 7) is 8.17. The SMILES string of the molecule is CC(C)CN1C(=O)N(c2ccc(Cl)cc2)C(n2oc(=O)n(-c3ccc(Cl)cc3)c2=O)C1(C)C. The van der Waals surface area contributed by atoms with Crippen LogP contribution in [0.4, 0.5) is 10.5 Å². The summed E-state index contributed by atoms with van der Waals surface area (Å²) in [5, 5.41) is 0.981. The van der Waals surface area contributed by atoms with Crippen LogP contribution in [0.15, 0.2) is 62.6 Å². The molecule has 1 aliphatic rings. The summed E-state index contributed by atoms with van der Waals surface area (Å²) >= 11 is 12.0. The zero-order valence-electron chi connectivity index (χ0n) is 18.7. The lowest BCUT2D eigenvalue weighted by Gasteiger charge is -2.34. The molecule has 33 heavy (non-hydrogen) atoms. The first-order valence-corrected chi connectivity index (χ1v) is 11.2. The molecule has 3 aromatic rings. The van der Waals surface area contributed by atoms with Crippen LogP contribution in [0.3, 0.4) is 0 Å². The molecule has 1 fully saturated rings. The van der Waals surface area contributed by atoms with Gasteiger partial charge in [-0.2, -0.15) is 4.57 Å². The van der Waals surface area contributed by atoms with Crippen molar-refractivity contribution in [1.82, 2.24) is 14.2 Å². The van der Waals surface area contributed by atoms with E-state index in [1.807, 2.05) is 27.7 Å².